The zero-order valence-corrected chi connectivity index (χ0v) is 12.8. The van der Waals surface area contributed by atoms with Crippen molar-refractivity contribution >= 4 is 23.5 Å². The summed E-state index contributed by atoms with van der Waals surface area (Å²) < 4.78 is 4.74. The Morgan fingerprint density at radius 3 is 2.35 bits per heavy atom. The molecule has 9 nitrogen and oxygen atoms in total. The van der Waals surface area contributed by atoms with Crippen LogP contribution in [0.15, 0.2) is 24.3 Å². The van der Waals surface area contributed by atoms with Gasteiger partial charge in [-0.3, -0.25) is 24.5 Å². The Balaban J connectivity index is 2.34. The largest absolute Gasteiger partial charge is 0.456 e. The molecule has 2 amide bonds. The number of likely N-dealkylation sites (N-methyl/N-ethyl adjacent to an activating group) is 1. The van der Waals surface area contributed by atoms with Crippen LogP contribution in [0, 0.1) is 10.1 Å². The summed E-state index contributed by atoms with van der Waals surface area (Å²) in [6.45, 7) is -0.313. The number of hydrogen-bond acceptors (Lipinski definition) is 6. The molecule has 0 saturated heterocycles. The summed E-state index contributed by atoms with van der Waals surface area (Å²) in [4.78, 5) is 45.6. The molecule has 0 aliphatic rings. The molecule has 0 saturated carbocycles. The molecule has 9 heteroatoms. The Labute approximate surface area is 132 Å². The number of hydrogen-bond donors (Lipinski definition) is 1. The fourth-order valence-corrected chi connectivity index (χ4v) is 1.46. The molecule has 0 aliphatic heterocycles. The lowest BCUT2D eigenvalue weighted by atomic mass is 10.2. The fourth-order valence-electron chi connectivity index (χ4n) is 1.46. The number of ether oxygens (including phenoxy) is 1. The van der Waals surface area contributed by atoms with Crippen LogP contribution in [0.1, 0.15) is 16.8 Å². The first-order valence-electron chi connectivity index (χ1n) is 6.69. The molecule has 0 aromatic heterocycles. The number of amides is 2. The molecule has 1 aromatic rings. The number of non-ortho nitro benzene ring substituents is 1. The van der Waals surface area contributed by atoms with Crippen LogP contribution in [0.25, 0.3) is 0 Å². The van der Waals surface area contributed by atoms with Crippen molar-refractivity contribution in [2.75, 3.05) is 27.2 Å². The van der Waals surface area contributed by atoms with Gasteiger partial charge in [0, 0.05) is 38.3 Å². The van der Waals surface area contributed by atoms with E-state index in [1.165, 1.54) is 29.2 Å². The van der Waals surface area contributed by atoms with Crippen molar-refractivity contribution in [1.82, 2.24) is 10.2 Å². The highest BCUT2D eigenvalue weighted by Crippen LogP contribution is 2.11. The van der Waals surface area contributed by atoms with Gasteiger partial charge in [0.15, 0.2) is 6.61 Å². The highest BCUT2D eigenvalue weighted by Gasteiger charge is 2.11. The number of nitrogens with zero attached hydrogens (tertiary/aromatic N) is 2. The number of benzene rings is 1. The van der Waals surface area contributed by atoms with E-state index in [9.17, 15) is 24.5 Å². The number of esters is 1. The quantitative estimate of drug-likeness (QED) is 0.439. The van der Waals surface area contributed by atoms with E-state index >= 15 is 0 Å². The Bertz CT molecular complexity index is 597. The van der Waals surface area contributed by atoms with Crippen LogP contribution in [0.5, 0.6) is 0 Å². The number of carbonyl (C=O) groups is 3. The minimum atomic E-state index is -0.607. The molecule has 23 heavy (non-hydrogen) atoms. The second-order valence-electron chi connectivity index (χ2n) is 4.76. The van der Waals surface area contributed by atoms with Crippen LogP contribution in [0.2, 0.25) is 0 Å². The SMILES string of the molecule is CN(C)C(=O)COC(=O)CCNC(=O)c1ccc([N+](=O)[O-])cc1. The molecular weight excluding hydrogens is 306 g/mol. The molecule has 0 unspecified atom stereocenters. The lowest BCUT2D eigenvalue weighted by Crippen LogP contribution is -2.29. The van der Waals surface area contributed by atoms with Crippen LogP contribution >= 0.6 is 0 Å². The Morgan fingerprint density at radius 2 is 1.83 bits per heavy atom. The molecule has 0 radical (unpaired) electrons. The molecule has 1 N–H and O–H groups in total. The standard InChI is InChI=1S/C14H17N3O6/c1-16(2)12(18)9-23-13(19)7-8-15-14(20)10-3-5-11(6-4-10)17(21)22/h3-6H,7-9H2,1-2H3,(H,15,20). The lowest BCUT2D eigenvalue weighted by Gasteiger charge is -2.10. The second kappa shape index (κ2) is 8.47. The van der Waals surface area contributed by atoms with E-state index in [0.717, 1.165) is 0 Å². The average Bonchev–Trinajstić information content (AvgIpc) is 2.52. The van der Waals surface area contributed by atoms with Gasteiger partial charge in [-0.1, -0.05) is 0 Å². The van der Waals surface area contributed by atoms with E-state index in [1.807, 2.05) is 0 Å². The van der Waals surface area contributed by atoms with Gasteiger partial charge in [-0.05, 0) is 12.1 Å². The van der Waals surface area contributed by atoms with E-state index in [1.54, 1.807) is 14.1 Å². The van der Waals surface area contributed by atoms with Crippen molar-refractivity contribution in [2.24, 2.45) is 0 Å². The summed E-state index contributed by atoms with van der Waals surface area (Å²) in [6, 6.07) is 5.08. The van der Waals surface area contributed by atoms with Gasteiger partial charge >= 0.3 is 5.97 Å². The maximum absolute atomic E-state index is 11.8. The molecular formula is C14H17N3O6. The first kappa shape index (κ1) is 18.1. The van der Waals surface area contributed by atoms with E-state index in [2.05, 4.69) is 5.32 Å². The number of nitro groups is 1. The third-order valence-electron chi connectivity index (χ3n) is 2.81. The summed E-state index contributed by atoms with van der Waals surface area (Å²) in [7, 11) is 3.08. The highest BCUT2D eigenvalue weighted by molar-refractivity contribution is 5.94. The van der Waals surface area contributed by atoms with Crippen molar-refractivity contribution in [3.05, 3.63) is 39.9 Å². The lowest BCUT2D eigenvalue weighted by molar-refractivity contribution is -0.384. The number of rotatable bonds is 7. The van der Waals surface area contributed by atoms with Crippen molar-refractivity contribution in [3.8, 4) is 0 Å². The van der Waals surface area contributed by atoms with Gasteiger partial charge in [0.1, 0.15) is 0 Å². The van der Waals surface area contributed by atoms with E-state index < -0.39 is 16.8 Å². The van der Waals surface area contributed by atoms with Gasteiger partial charge in [-0.25, -0.2) is 0 Å². The minimum Gasteiger partial charge on any atom is -0.456 e. The zero-order chi connectivity index (χ0) is 17.4. The zero-order valence-electron chi connectivity index (χ0n) is 12.8. The predicted octanol–water partition coefficient (Wildman–Crippen LogP) is 0.346. The summed E-state index contributed by atoms with van der Waals surface area (Å²) in [5.74, 6) is -1.41. The van der Waals surface area contributed by atoms with E-state index in [0.29, 0.717) is 0 Å². The minimum absolute atomic E-state index is 0.0325. The van der Waals surface area contributed by atoms with Crippen molar-refractivity contribution in [2.45, 2.75) is 6.42 Å². The van der Waals surface area contributed by atoms with Crippen LogP contribution in [-0.2, 0) is 14.3 Å². The summed E-state index contributed by atoms with van der Waals surface area (Å²) >= 11 is 0. The maximum atomic E-state index is 11.8. The van der Waals surface area contributed by atoms with Crippen molar-refractivity contribution in [1.29, 1.82) is 0 Å². The molecule has 124 valence electrons. The number of nitro benzene ring substituents is 1. The average molecular weight is 323 g/mol. The van der Waals surface area contributed by atoms with Gasteiger partial charge in [0.2, 0.25) is 0 Å². The molecule has 0 aliphatic carbocycles. The monoisotopic (exact) mass is 323 g/mol. The van der Waals surface area contributed by atoms with Crippen molar-refractivity contribution in [3.63, 3.8) is 0 Å². The molecule has 0 heterocycles. The smallest absolute Gasteiger partial charge is 0.308 e. The van der Waals surface area contributed by atoms with Gasteiger partial charge in [-0.2, -0.15) is 0 Å². The molecule has 1 aromatic carbocycles. The summed E-state index contributed by atoms with van der Waals surface area (Å²) in [5, 5.41) is 13.0. The molecule has 1 rings (SSSR count). The van der Waals surface area contributed by atoms with E-state index in [4.69, 9.17) is 4.74 Å². The number of carbonyl (C=O) groups excluding carboxylic acids is 3. The first-order chi connectivity index (χ1) is 10.8. The highest BCUT2D eigenvalue weighted by atomic mass is 16.6. The third kappa shape index (κ3) is 6.12. The normalized spacial score (nSPS) is 9.83. The van der Waals surface area contributed by atoms with Crippen LogP contribution in [0.4, 0.5) is 5.69 Å². The Hall–Kier alpha value is -2.97. The summed E-state index contributed by atoms with van der Waals surface area (Å²) in [5.41, 5.74) is 0.127. The molecule has 0 spiro atoms. The molecule has 0 bridgehead atoms. The molecule has 0 fully saturated rings. The fraction of sp³-hybridized carbons (Fsp3) is 0.357. The van der Waals surface area contributed by atoms with Crippen molar-refractivity contribution < 1.29 is 24.0 Å². The predicted molar refractivity (Wildman–Crippen MR) is 79.7 cm³/mol. The van der Waals surface area contributed by atoms with Crippen LogP contribution < -0.4 is 5.32 Å². The second-order valence-corrected chi connectivity index (χ2v) is 4.76. The van der Waals surface area contributed by atoms with E-state index in [-0.39, 0.29) is 36.7 Å². The Morgan fingerprint density at radius 1 is 1.22 bits per heavy atom. The molecule has 0 atom stereocenters. The van der Waals surface area contributed by atoms with Gasteiger partial charge < -0.3 is 15.0 Å². The van der Waals surface area contributed by atoms with Gasteiger partial charge in [0.05, 0.1) is 11.3 Å². The first-order valence-corrected chi connectivity index (χ1v) is 6.69. The summed E-state index contributed by atoms with van der Waals surface area (Å²) in [6.07, 6.45) is -0.0839. The van der Waals surface area contributed by atoms with Gasteiger partial charge in [0.25, 0.3) is 17.5 Å². The number of nitrogens with one attached hydrogen (secondary N) is 1. The van der Waals surface area contributed by atoms with Crippen LogP contribution in [-0.4, -0.2) is 54.9 Å². The van der Waals surface area contributed by atoms with Crippen LogP contribution in [0.3, 0.4) is 0 Å². The Kier molecular flexibility index (Phi) is 6.66. The topological polar surface area (TPSA) is 119 Å². The third-order valence-corrected chi connectivity index (χ3v) is 2.81. The van der Waals surface area contributed by atoms with Gasteiger partial charge in [-0.15, -0.1) is 0 Å². The maximum Gasteiger partial charge on any atom is 0.308 e.